The van der Waals surface area contributed by atoms with Crippen LogP contribution >= 0.6 is 11.6 Å². The average molecular weight is 477 g/mol. The molecule has 1 atom stereocenters. The summed E-state index contributed by atoms with van der Waals surface area (Å²) in [6, 6.07) is 16.8. The van der Waals surface area contributed by atoms with Gasteiger partial charge in [-0.3, -0.25) is 9.36 Å². The van der Waals surface area contributed by atoms with Gasteiger partial charge in [-0.15, -0.1) is 0 Å². The summed E-state index contributed by atoms with van der Waals surface area (Å²) in [7, 11) is 1.66. The van der Waals surface area contributed by atoms with Gasteiger partial charge >= 0.3 is 0 Å². The first-order valence-corrected chi connectivity index (χ1v) is 11.8. The van der Waals surface area contributed by atoms with E-state index in [2.05, 4.69) is 41.1 Å². The third-order valence-corrected chi connectivity index (χ3v) is 7.18. The minimum Gasteiger partial charge on any atom is -0.356 e. The molecule has 5 rings (SSSR count). The molecule has 0 spiro atoms. The van der Waals surface area contributed by atoms with Crippen molar-refractivity contribution in [1.82, 2.24) is 14.5 Å². The first-order chi connectivity index (χ1) is 16.3. The maximum absolute atomic E-state index is 15.0. The van der Waals surface area contributed by atoms with E-state index in [0.717, 1.165) is 25.9 Å². The Labute approximate surface area is 202 Å². The van der Waals surface area contributed by atoms with E-state index in [9.17, 15) is 4.79 Å². The SMILES string of the molecule is Cc1nc2cc(N3CCC[C@](C)(c4ccccc4)C3)nc(-c3ccc(Cl)cc3F)c2c(=O)n1C. The van der Waals surface area contributed by atoms with Gasteiger partial charge < -0.3 is 4.90 Å². The molecule has 0 aliphatic carbocycles. The zero-order chi connectivity index (χ0) is 24.0. The topological polar surface area (TPSA) is 51.0 Å². The van der Waals surface area contributed by atoms with Gasteiger partial charge in [0.15, 0.2) is 0 Å². The van der Waals surface area contributed by atoms with Gasteiger partial charge in [0.1, 0.15) is 17.5 Å². The van der Waals surface area contributed by atoms with Gasteiger partial charge in [-0.05, 0) is 43.5 Å². The Bertz CT molecular complexity index is 1450. The molecular formula is C27H26ClFN4O. The van der Waals surface area contributed by atoms with Crippen LogP contribution in [0.4, 0.5) is 10.2 Å². The normalized spacial score (nSPS) is 18.4. The van der Waals surface area contributed by atoms with Crippen LogP contribution < -0.4 is 10.5 Å². The smallest absolute Gasteiger partial charge is 0.263 e. The van der Waals surface area contributed by atoms with Crippen molar-refractivity contribution in [2.75, 3.05) is 18.0 Å². The molecule has 0 bridgehead atoms. The van der Waals surface area contributed by atoms with E-state index in [4.69, 9.17) is 16.6 Å². The van der Waals surface area contributed by atoms with Crippen LogP contribution in [-0.4, -0.2) is 27.6 Å². The van der Waals surface area contributed by atoms with Gasteiger partial charge in [-0.1, -0.05) is 48.9 Å². The molecule has 0 radical (unpaired) electrons. The Balaban J connectivity index is 1.70. The van der Waals surface area contributed by atoms with Gasteiger partial charge in [0.25, 0.3) is 5.56 Å². The predicted octanol–water partition coefficient (Wildman–Crippen LogP) is 5.65. The summed E-state index contributed by atoms with van der Waals surface area (Å²) in [5, 5.41) is 0.596. The molecule has 5 nitrogen and oxygen atoms in total. The molecular weight excluding hydrogens is 451 g/mol. The fraction of sp³-hybridized carbons (Fsp3) is 0.296. The lowest BCUT2D eigenvalue weighted by molar-refractivity contribution is 0.372. The van der Waals surface area contributed by atoms with Gasteiger partial charge in [-0.2, -0.15) is 0 Å². The second-order valence-electron chi connectivity index (χ2n) is 9.32. The average Bonchev–Trinajstić information content (AvgIpc) is 2.82. The quantitative estimate of drug-likeness (QED) is 0.383. The van der Waals surface area contributed by atoms with E-state index < -0.39 is 5.82 Å². The van der Waals surface area contributed by atoms with E-state index in [1.54, 1.807) is 26.1 Å². The number of hydrogen-bond acceptors (Lipinski definition) is 4. The molecule has 7 heteroatoms. The van der Waals surface area contributed by atoms with Crippen molar-refractivity contribution in [2.45, 2.75) is 32.1 Å². The molecule has 4 aromatic rings. The lowest BCUT2D eigenvalue weighted by Gasteiger charge is -2.41. The monoisotopic (exact) mass is 476 g/mol. The van der Waals surface area contributed by atoms with Crippen molar-refractivity contribution in [3.8, 4) is 11.3 Å². The summed E-state index contributed by atoms with van der Waals surface area (Å²) in [4.78, 5) is 25.0. The maximum Gasteiger partial charge on any atom is 0.263 e. The number of nitrogens with zero attached hydrogens (tertiary/aromatic N) is 4. The molecule has 3 heterocycles. The fourth-order valence-electron chi connectivity index (χ4n) is 4.93. The molecule has 0 saturated carbocycles. The number of fused-ring (bicyclic) bond motifs is 1. The van der Waals surface area contributed by atoms with Crippen LogP contribution in [0.2, 0.25) is 5.02 Å². The van der Waals surface area contributed by atoms with Crippen LogP contribution in [0.1, 0.15) is 31.2 Å². The number of benzene rings is 2. The van der Waals surface area contributed by atoms with Crippen molar-refractivity contribution in [2.24, 2.45) is 7.05 Å². The summed E-state index contributed by atoms with van der Waals surface area (Å²) >= 11 is 6.00. The summed E-state index contributed by atoms with van der Waals surface area (Å²) in [6.07, 6.45) is 2.07. The molecule has 0 N–H and O–H groups in total. The molecule has 2 aromatic carbocycles. The summed E-state index contributed by atoms with van der Waals surface area (Å²) < 4.78 is 16.5. The highest BCUT2D eigenvalue weighted by Crippen LogP contribution is 2.37. The number of anilines is 1. The number of aryl methyl sites for hydroxylation is 1. The second kappa shape index (κ2) is 8.51. The fourth-order valence-corrected chi connectivity index (χ4v) is 5.09. The maximum atomic E-state index is 15.0. The van der Waals surface area contributed by atoms with Crippen molar-refractivity contribution < 1.29 is 4.39 Å². The van der Waals surface area contributed by atoms with Gasteiger partial charge in [-0.25, -0.2) is 14.4 Å². The zero-order valence-corrected chi connectivity index (χ0v) is 20.2. The standard InChI is InChI=1S/C27H26ClFN4O/c1-17-30-22-15-23(33-13-7-12-27(2,16-33)18-8-5-4-6-9-18)31-25(24(22)26(34)32(17)3)20-11-10-19(28)14-21(20)29/h4-6,8-11,14-15H,7,12-13,16H2,1-3H3/t27-/m0/s1. The minimum absolute atomic E-state index is 0.0437. The summed E-state index contributed by atoms with van der Waals surface area (Å²) in [5.41, 5.74) is 2.04. The van der Waals surface area contributed by atoms with Crippen LogP contribution in [0.5, 0.6) is 0 Å². The largest absolute Gasteiger partial charge is 0.356 e. The lowest BCUT2D eigenvalue weighted by atomic mass is 9.76. The lowest BCUT2D eigenvalue weighted by Crippen LogP contribution is -2.44. The third-order valence-electron chi connectivity index (χ3n) is 6.95. The predicted molar refractivity (Wildman–Crippen MR) is 135 cm³/mol. The van der Waals surface area contributed by atoms with Crippen molar-refractivity contribution in [1.29, 1.82) is 0 Å². The highest BCUT2D eigenvalue weighted by molar-refractivity contribution is 6.30. The van der Waals surface area contributed by atoms with E-state index in [1.807, 2.05) is 12.1 Å². The summed E-state index contributed by atoms with van der Waals surface area (Å²) in [5.74, 6) is 0.762. The Morgan fingerprint density at radius 1 is 1.09 bits per heavy atom. The first-order valence-electron chi connectivity index (χ1n) is 11.4. The Hall–Kier alpha value is -3.25. The molecule has 1 saturated heterocycles. The number of piperidine rings is 1. The van der Waals surface area contributed by atoms with Crippen molar-refractivity contribution in [3.63, 3.8) is 0 Å². The highest BCUT2D eigenvalue weighted by atomic mass is 35.5. The molecule has 1 fully saturated rings. The second-order valence-corrected chi connectivity index (χ2v) is 9.76. The van der Waals surface area contributed by atoms with E-state index in [1.165, 1.54) is 16.2 Å². The Morgan fingerprint density at radius 2 is 1.85 bits per heavy atom. The van der Waals surface area contributed by atoms with E-state index in [0.29, 0.717) is 33.3 Å². The molecule has 174 valence electrons. The molecule has 2 aromatic heterocycles. The van der Waals surface area contributed by atoms with Gasteiger partial charge in [0, 0.05) is 42.2 Å². The van der Waals surface area contributed by atoms with E-state index in [-0.39, 0.29) is 16.5 Å². The number of aromatic nitrogens is 3. The minimum atomic E-state index is -0.520. The third kappa shape index (κ3) is 3.86. The summed E-state index contributed by atoms with van der Waals surface area (Å²) in [6.45, 7) is 5.65. The molecule has 34 heavy (non-hydrogen) atoms. The van der Waals surface area contributed by atoms with Gasteiger partial charge in [0.2, 0.25) is 0 Å². The molecule has 1 aliphatic heterocycles. The Kier molecular flexibility index (Phi) is 5.64. The van der Waals surface area contributed by atoms with Crippen LogP contribution in [-0.2, 0) is 12.5 Å². The highest BCUT2D eigenvalue weighted by Gasteiger charge is 2.33. The number of hydrogen-bond donors (Lipinski definition) is 0. The van der Waals surface area contributed by atoms with E-state index >= 15 is 4.39 Å². The molecule has 0 unspecified atom stereocenters. The Morgan fingerprint density at radius 3 is 2.59 bits per heavy atom. The van der Waals surface area contributed by atoms with Crippen LogP contribution in [0.25, 0.3) is 22.2 Å². The number of rotatable bonds is 3. The first kappa shape index (κ1) is 22.5. The van der Waals surface area contributed by atoms with Crippen molar-refractivity contribution >= 4 is 28.3 Å². The number of pyridine rings is 1. The number of halogens is 2. The zero-order valence-electron chi connectivity index (χ0n) is 19.5. The molecule has 1 aliphatic rings. The van der Waals surface area contributed by atoms with Gasteiger partial charge in [0.05, 0.1) is 16.6 Å². The van der Waals surface area contributed by atoms with Crippen LogP contribution in [0, 0.1) is 12.7 Å². The molecule has 0 amide bonds. The van der Waals surface area contributed by atoms with Crippen molar-refractivity contribution in [3.05, 3.63) is 87.2 Å². The van der Waals surface area contributed by atoms with Crippen LogP contribution in [0.15, 0.2) is 59.4 Å². The van der Waals surface area contributed by atoms with Crippen LogP contribution in [0.3, 0.4) is 0 Å².